The van der Waals surface area contributed by atoms with E-state index in [9.17, 15) is 19.0 Å². The molecule has 9 nitrogen and oxygen atoms in total. The van der Waals surface area contributed by atoms with E-state index in [0.29, 0.717) is 17.4 Å². The van der Waals surface area contributed by atoms with Gasteiger partial charge in [-0.3, -0.25) is 14.2 Å². The summed E-state index contributed by atoms with van der Waals surface area (Å²) in [5.74, 6) is -0.839. The Balaban J connectivity index is 4.36. The molecule has 0 N–H and O–H groups in total. The van der Waals surface area contributed by atoms with Gasteiger partial charge in [-0.15, -0.1) is 0 Å². The number of carbonyl (C=O) groups excluding carboxylic acids is 2. The molecule has 0 aromatic carbocycles. The van der Waals surface area contributed by atoms with Gasteiger partial charge in [0.05, 0.1) is 27.7 Å². The maximum Gasteiger partial charge on any atom is 0.306 e. The van der Waals surface area contributed by atoms with Crippen LogP contribution >= 0.6 is 7.82 Å². The number of ether oxygens (including phenoxy) is 2. The minimum absolute atomic E-state index is 0.0292. The Morgan fingerprint density at radius 1 is 0.588 bits per heavy atom. The topological polar surface area (TPSA) is 111 Å². The van der Waals surface area contributed by atoms with Gasteiger partial charge < -0.3 is 27.9 Å². The Hall–Kier alpha value is -1.25. The summed E-state index contributed by atoms with van der Waals surface area (Å²) in [5.41, 5.74) is 0. The lowest BCUT2D eigenvalue weighted by Gasteiger charge is -2.28. The lowest BCUT2D eigenvalue weighted by Crippen LogP contribution is -2.37. The molecule has 0 heterocycles. The summed E-state index contributed by atoms with van der Waals surface area (Å²) >= 11 is 0. The van der Waals surface area contributed by atoms with Gasteiger partial charge in [0.25, 0.3) is 7.82 Å². The molecule has 51 heavy (non-hydrogen) atoms. The van der Waals surface area contributed by atoms with Crippen molar-refractivity contribution in [3.8, 4) is 0 Å². The molecule has 10 heteroatoms. The van der Waals surface area contributed by atoms with E-state index in [1.54, 1.807) is 0 Å². The van der Waals surface area contributed by atoms with Gasteiger partial charge in [0, 0.05) is 12.8 Å². The van der Waals surface area contributed by atoms with Crippen LogP contribution in [0.15, 0.2) is 12.2 Å². The van der Waals surface area contributed by atoms with E-state index < -0.39 is 26.5 Å². The number of rotatable bonds is 38. The summed E-state index contributed by atoms with van der Waals surface area (Å²) in [6.07, 6.45) is 33.8. The predicted molar refractivity (Wildman–Crippen MR) is 208 cm³/mol. The molecule has 0 aromatic rings. The smallest absolute Gasteiger partial charge is 0.306 e. The number of quaternary nitrogens is 1. The number of allylic oxidation sites excluding steroid dienone is 2. The SMILES string of the molecule is CCCCCCCCC/C=C\CCCCCCCC(=O)OC[C@H](COP(=O)([O-])OCC[N+](C)(C)C)OC(=O)CCCCCCCCCCCCC. The van der Waals surface area contributed by atoms with Crippen molar-refractivity contribution in [1.29, 1.82) is 0 Å². The Labute approximate surface area is 314 Å². The third-order valence-electron chi connectivity index (χ3n) is 9.04. The molecule has 0 aliphatic carbocycles. The normalized spacial score (nSPS) is 13.8. The molecule has 0 fully saturated rings. The summed E-state index contributed by atoms with van der Waals surface area (Å²) in [6.45, 7) is 4.21. The van der Waals surface area contributed by atoms with Crippen LogP contribution in [-0.2, 0) is 32.7 Å². The number of likely N-dealkylation sites (N-methyl/N-ethyl adjacent to an activating group) is 1. The molecule has 0 saturated heterocycles. The number of nitrogens with zero attached hydrogens (tertiary/aromatic N) is 1. The first kappa shape index (κ1) is 49.8. The summed E-state index contributed by atoms with van der Waals surface area (Å²) in [7, 11) is 1.17. The fraction of sp³-hybridized carbons (Fsp3) is 0.902. The average Bonchev–Trinajstić information content (AvgIpc) is 3.07. The maximum atomic E-state index is 12.6. The van der Waals surface area contributed by atoms with Gasteiger partial charge in [0.1, 0.15) is 19.8 Å². The zero-order valence-corrected chi connectivity index (χ0v) is 34.7. The highest BCUT2D eigenvalue weighted by atomic mass is 31.2. The van der Waals surface area contributed by atoms with E-state index in [2.05, 4.69) is 26.0 Å². The van der Waals surface area contributed by atoms with Crippen molar-refractivity contribution >= 4 is 19.8 Å². The van der Waals surface area contributed by atoms with Crippen molar-refractivity contribution < 1.29 is 42.1 Å². The van der Waals surface area contributed by atoms with Crippen LogP contribution in [0.4, 0.5) is 0 Å². The quantitative estimate of drug-likeness (QED) is 0.0202. The Morgan fingerprint density at radius 3 is 1.45 bits per heavy atom. The molecule has 0 bridgehead atoms. The highest BCUT2D eigenvalue weighted by molar-refractivity contribution is 7.45. The Bertz CT molecular complexity index is 891. The van der Waals surface area contributed by atoms with Crippen molar-refractivity contribution in [3.63, 3.8) is 0 Å². The van der Waals surface area contributed by atoms with Crippen molar-refractivity contribution in [2.45, 2.75) is 193 Å². The monoisotopic (exact) mass is 746 g/mol. The summed E-state index contributed by atoms with van der Waals surface area (Å²) in [6, 6.07) is 0. The molecule has 0 aromatic heterocycles. The molecular weight excluding hydrogens is 665 g/mol. The number of phosphoric ester groups is 1. The largest absolute Gasteiger partial charge is 0.756 e. The molecule has 0 spiro atoms. The fourth-order valence-corrected chi connectivity index (χ4v) is 6.44. The summed E-state index contributed by atoms with van der Waals surface area (Å²) < 4.78 is 33.8. The van der Waals surface area contributed by atoms with Crippen LogP contribution in [0.1, 0.15) is 187 Å². The molecule has 0 amide bonds. The van der Waals surface area contributed by atoms with Crippen molar-refractivity contribution in [3.05, 3.63) is 12.2 Å². The zero-order chi connectivity index (χ0) is 37.9. The van der Waals surface area contributed by atoms with E-state index in [4.69, 9.17) is 18.5 Å². The summed E-state index contributed by atoms with van der Waals surface area (Å²) in [5, 5.41) is 0. The van der Waals surface area contributed by atoms with E-state index in [1.165, 1.54) is 103 Å². The first-order valence-electron chi connectivity index (χ1n) is 20.9. The minimum atomic E-state index is -4.61. The van der Waals surface area contributed by atoms with Crippen LogP contribution in [0, 0.1) is 0 Å². The van der Waals surface area contributed by atoms with Crippen LogP contribution in [0.3, 0.4) is 0 Å². The van der Waals surface area contributed by atoms with E-state index in [1.807, 2.05) is 21.1 Å². The van der Waals surface area contributed by atoms with Gasteiger partial charge >= 0.3 is 11.9 Å². The van der Waals surface area contributed by atoms with Gasteiger partial charge in [-0.25, -0.2) is 0 Å². The predicted octanol–water partition coefficient (Wildman–Crippen LogP) is 10.8. The number of esters is 2. The van der Waals surface area contributed by atoms with E-state index >= 15 is 0 Å². The van der Waals surface area contributed by atoms with Crippen LogP contribution in [-0.4, -0.2) is 70.0 Å². The Kier molecular flexibility index (Phi) is 33.7. The molecule has 2 atom stereocenters. The van der Waals surface area contributed by atoms with Gasteiger partial charge in [0.15, 0.2) is 6.10 Å². The molecule has 0 saturated carbocycles. The molecule has 0 radical (unpaired) electrons. The van der Waals surface area contributed by atoms with Gasteiger partial charge in [-0.1, -0.05) is 148 Å². The number of unbranched alkanes of at least 4 members (excludes halogenated alkanes) is 22. The van der Waals surface area contributed by atoms with Crippen LogP contribution in [0.2, 0.25) is 0 Å². The Morgan fingerprint density at radius 2 is 1.00 bits per heavy atom. The summed E-state index contributed by atoms with van der Waals surface area (Å²) in [4.78, 5) is 37.4. The van der Waals surface area contributed by atoms with E-state index in [0.717, 1.165) is 51.4 Å². The number of phosphoric acid groups is 1. The average molecular weight is 746 g/mol. The zero-order valence-electron chi connectivity index (χ0n) is 33.8. The lowest BCUT2D eigenvalue weighted by atomic mass is 10.1. The molecule has 0 rings (SSSR count). The van der Waals surface area contributed by atoms with Crippen LogP contribution in [0.5, 0.6) is 0 Å². The first-order valence-corrected chi connectivity index (χ1v) is 22.4. The molecule has 0 aliphatic rings. The lowest BCUT2D eigenvalue weighted by molar-refractivity contribution is -0.870. The first-order chi connectivity index (χ1) is 24.5. The van der Waals surface area contributed by atoms with Crippen molar-refractivity contribution in [2.24, 2.45) is 0 Å². The number of hydrogen-bond donors (Lipinski definition) is 0. The fourth-order valence-electron chi connectivity index (χ4n) is 5.71. The van der Waals surface area contributed by atoms with Crippen LogP contribution < -0.4 is 4.89 Å². The van der Waals surface area contributed by atoms with Crippen molar-refractivity contribution in [2.75, 3.05) is 47.5 Å². The highest BCUT2D eigenvalue weighted by Crippen LogP contribution is 2.38. The third-order valence-corrected chi connectivity index (χ3v) is 10.00. The molecule has 1 unspecified atom stereocenters. The van der Waals surface area contributed by atoms with E-state index in [-0.39, 0.29) is 32.0 Å². The second kappa shape index (κ2) is 34.5. The second-order valence-corrected chi connectivity index (χ2v) is 16.8. The minimum Gasteiger partial charge on any atom is -0.756 e. The second-order valence-electron chi connectivity index (χ2n) is 15.4. The maximum absolute atomic E-state index is 12.6. The molecule has 302 valence electrons. The highest BCUT2D eigenvalue weighted by Gasteiger charge is 2.21. The number of hydrogen-bond acceptors (Lipinski definition) is 8. The van der Waals surface area contributed by atoms with Gasteiger partial charge in [0.2, 0.25) is 0 Å². The molecule has 0 aliphatic heterocycles. The molecular formula is C41H80NO8P. The van der Waals surface area contributed by atoms with Crippen molar-refractivity contribution in [1.82, 2.24) is 0 Å². The standard InChI is InChI=1S/C41H80NO8P/c1-6-8-10-12-14-16-18-19-20-21-22-24-25-27-29-31-33-40(43)47-37-39(38-49-51(45,46)48-36-35-42(3,4)5)50-41(44)34-32-30-28-26-23-17-15-13-11-9-7-2/h20-21,39H,6-19,22-38H2,1-5H3/b21-20-/t39-/m1/s1. The van der Waals surface area contributed by atoms with Crippen LogP contribution in [0.25, 0.3) is 0 Å². The third kappa shape index (κ3) is 38.3. The number of carbonyl (C=O) groups is 2. The van der Waals surface area contributed by atoms with Gasteiger partial charge in [-0.05, 0) is 38.5 Å². The van der Waals surface area contributed by atoms with Gasteiger partial charge in [-0.2, -0.15) is 0 Å².